The van der Waals surface area contributed by atoms with Crippen LogP contribution in [0.25, 0.3) is 5.69 Å². The maximum absolute atomic E-state index is 12.6. The summed E-state index contributed by atoms with van der Waals surface area (Å²) in [4.78, 5) is 26.3. The van der Waals surface area contributed by atoms with Crippen LogP contribution in [0.15, 0.2) is 30.5 Å². The van der Waals surface area contributed by atoms with Crippen LogP contribution >= 0.6 is 0 Å². The molecule has 0 radical (unpaired) electrons. The Morgan fingerprint density at radius 1 is 1.23 bits per heavy atom. The van der Waals surface area contributed by atoms with Gasteiger partial charge in [0.15, 0.2) is 0 Å². The van der Waals surface area contributed by atoms with Crippen LogP contribution < -0.4 is 5.73 Å². The Kier molecular flexibility index (Phi) is 5.25. The average Bonchev–Trinajstić information content (AvgIpc) is 3.04. The van der Waals surface area contributed by atoms with Crippen LogP contribution in [0.1, 0.15) is 47.4 Å². The molecule has 1 aliphatic heterocycles. The number of carbonyl (C=O) groups excluding carboxylic acids is 2. The van der Waals surface area contributed by atoms with E-state index in [1.54, 1.807) is 31.2 Å². The van der Waals surface area contributed by atoms with E-state index in [0.717, 1.165) is 25.9 Å². The Morgan fingerprint density at radius 3 is 2.50 bits per heavy atom. The number of piperidine rings is 1. The van der Waals surface area contributed by atoms with Crippen LogP contribution in [-0.2, 0) is 4.74 Å². The lowest BCUT2D eigenvalue weighted by Gasteiger charge is -2.30. The molecule has 1 aliphatic rings. The van der Waals surface area contributed by atoms with Crippen LogP contribution in [0.5, 0.6) is 0 Å². The maximum atomic E-state index is 12.6. The van der Waals surface area contributed by atoms with Gasteiger partial charge in [-0.25, -0.2) is 9.48 Å². The molecule has 0 unspecified atom stereocenters. The molecule has 2 heterocycles. The van der Waals surface area contributed by atoms with Crippen molar-refractivity contribution >= 4 is 17.7 Å². The summed E-state index contributed by atoms with van der Waals surface area (Å²) in [6.07, 6.45) is 3.48. The first-order chi connectivity index (χ1) is 12.5. The molecule has 0 saturated carbocycles. The van der Waals surface area contributed by atoms with Crippen molar-refractivity contribution in [2.24, 2.45) is 5.92 Å². The number of rotatable bonds is 4. The zero-order valence-corrected chi connectivity index (χ0v) is 15.1. The molecule has 0 spiro atoms. The normalized spacial score (nSPS) is 15.1. The van der Waals surface area contributed by atoms with Crippen LogP contribution in [0, 0.1) is 5.92 Å². The summed E-state index contributed by atoms with van der Waals surface area (Å²) in [6, 6.07) is 7.08. The third-order valence-electron chi connectivity index (χ3n) is 4.73. The van der Waals surface area contributed by atoms with E-state index in [9.17, 15) is 9.59 Å². The van der Waals surface area contributed by atoms with Crippen molar-refractivity contribution in [3.05, 3.63) is 41.6 Å². The smallest absolute Gasteiger partial charge is 0.343 e. The van der Waals surface area contributed by atoms with Gasteiger partial charge >= 0.3 is 5.97 Å². The summed E-state index contributed by atoms with van der Waals surface area (Å²) in [5.74, 6) is 0.442. The molecule has 1 saturated heterocycles. The maximum Gasteiger partial charge on any atom is 0.343 e. The lowest BCUT2D eigenvalue weighted by molar-refractivity contribution is 0.0527. The minimum Gasteiger partial charge on any atom is -0.462 e. The minimum absolute atomic E-state index is 0.0455. The summed E-state index contributed by atoms with van der Waals surface area (Å²) in [7, 11) is 0. The number of likely N-dealkylation sites (tertiary alicyclic amines) is 1. The Bertz CT molecular complexity index is 790. The van der Waals surface area contributed by atoms with Gasteiger partial charge in [-0.3, -0.25) is 4.79 Å². The van der Waals surface area contributed by atoms with Gasteiger partial charge in [0.25, 0.3) is 5.91 Å². The summed E-state index contributed by atoms with van der Waals surface area (Å²) < 4.78 is 6.42. The number of aromatic nitrogens is 2. The van der Waals surface area contributed by atoms with Crippen molar-refractivity contribution in [1.29, 1.82) is 0 Å². The molecular formula is C19H24N4O3. The summed E-state index contributed by atoms with van der Waals surface area (Å²) in [5, 5.41) is 4.16. The van der Waals surface area contributed by atoms with Gasteiger partial charge < -0.3 is 15.4 Å². The number of ether oxygens (including phenoxy) is 1. The number of esters is 1. The van der Waals surface area contributed by atoms with E-state index in [0.29, 0.717) is 17.2 Å². The average molecular weight is 356 g/mol. The van der Waals surface area contributed by atoms with Gasteiger partial charge in [0, 0.05) is 18.7 Å². The molecule has 1 fully saturated rings. The fraction of sp³-hybridized carbons (Fsp3) is 0.421. The highest BCUT2D eigenvalue weighted by molar-refractivity contribution is 5.95. The van der Waals surface area contributed by atoms with E-state index in [2.05, 4.69) is 12.0 Å². The lowest BCUT2D eigenvalue weighted by Crippen LogP contribution is -2.37. The third kappa shape index (κ3) is 3.56. The highest BCUT2D eigenvalue weighted by Gasteiger charge is 2.22. The van der Waals surface area contributed by atoms with E-state index in [4.69, 9.17) is 10.5 Å². The second kappa shape index (κ2) is 7.59. The second-order valence-electron chi connectivity index (χ2n) is 6.60. The monoisotopic (exact) mass is 356 g/mol. The third-order valence-corrected chi connectivity index (χ3v) is 4.73. The first kappa shape index (κ1) is 18.0. The molecule has 3 rings (SSSR count). The number of hydrogen-bond donors (Lipinski definition) is 1. The molecule has 2 aromatic rings. The molecule has 1 aromatic carbocycles. The number of anilines is 1. The molecular weight excluding hydrogens is 332 g/mol. The fourth-order valence-corrected chi connectivity index (χ4v) is 3.07. The Balaban J connectivity index is 1.76. The number of amides is 1. The van der Waals surface area contributed by atoms with Crippen molar-refractivity contribution in [2.45, 2.75) is 26.7 Å². The zero-order valence-electron chi connectivity index (χ0n) is 15.1. The predicted octanol–water partition coefficient (Wildman–Crippen LogP) is 2.50. The Labute approximate surface area is 152 Å². The molecule has 138 valence electrons. The highest BCUT2D eigenvalue weighted by atomic mass is 16.5. The van der Waals surface area contributed by atoms with Gasteiger partial charge in [0.1, 0.15) is 11.4 Å². The van der Waals surface area contributed by atoms with Crippen LogP contribution in [0.4, 0.5) is 5.82 Å². The van der Waals surface area contributed by atoms with E-state index >= 15 is 0 Å². The summed E-state index contributed by atoms with van der Waals surface area (Å²) in [5.41, 5.74) is 7.57. The minimum atomic E-state index is -0.498. The number of hydrogen-bond acceptors (Lipinski definition) is 5. The number of nitrogens with zero attached hydrogens (tertiary/aromatic N) is 3. The number of benzene rings is 1. The predicted molar refractivity (Wildman–Crippen MR) is 98.2 cm³/mol. The number of carbonyl (C=O) groups is 2. The van der Waals surface area contributed by atoms with Gasteiger partial charge in [-0.15, -0.1) is 0 Å². The van der Waals surface area contributed by atoms with Crippen LogP contribution in [0.2, 0.25) is 0 Å². The zero-order chi connectivity index (χ0) is 18.7. The molecule has 2 N–H and O–H groups in total. The Morgan fingerprint density at radius 2 is 1.88 bits per heavy atom. The molecule has 7 heteroatoms. The van der Waals surface area contributed by atoms with Crippen molar-refractivity contribution in [1.82, 2.24) is 14.7 Å². The van der Waals surface area contributed by atoms with Crippen LogP contribution in [-0.4, -0.2) is 46.3 Å². The Hall–Kier alpha value is -2.83. The molecule has 1 aromatic heterocycles. The van der Waals surface area contributed by atoms with E-state index < -0.39 is 5.97 Å². The van der Waals surface area contributed by atoms with Gasteiger partial charge in [-0.1, -0.05) is 6.92 Å². The largest absolute Gasteiger partial charge is 0.462 e. The van der Waals surface area contributed by atoms with Crippen molar-refractivity contribution in [2.75, 3.05) is 25.4 Å². The fourth-order valence-electron chi connectivity index (χ4n) is 3.07. The first-order valence-corrected chi connectivity index (χ1v) is 8.91. The van der Waals surface area contributed by atoms with Crippen molar-refractivity contribution in [3.8, 4) is 5.69 Å². The standard InChI is InChI=1S/C19H24N4O3/c1-3-26-19(25)16-12-21-23(17(16)20)15-6-4-14(5-7-15)18(24)22-10-8-13(2)9-11-22/h4-7,12-13H,3,8-11,20H2,1-2H3. The topological polar surface area (TPSA) is 90.4 Å². The number of nitrogen functional groups attached to an aromatic ring is 1. The quantitative estimate of drug-likeness (QED) is 0.850. The second-order valence-corrected chi connectivity index (χ2v) is 6.60. The number of nitrogens with two attached hydrogens (primary N) is 1. The van der Waals surface area contributed by atoms with Gasteiger partial charge in [0.05, 0.1) is 18.5 Å². The molecule has 0 aliphatic carbocycles. The molecule has 26 heavy (non-hydrogen) atoms. The van der Waals surface area contributed by atoms with Gasteiger partial charge in [0.2, 0.25) is 0 Å². The van der Waals surface area contributed by atoms with E-state index in [1.165, 1.54) is 10.9 Å². The molecule has 7 nitrogen and oxygen atoms in total. The molecule has 0 bridgehead atoms. The molecule has 1 amide bonds. The van der Waals surface area contributed by atoms with Crippen molar-refractivity contribution in [3.63, 3.8) is 0 Å². The van der Waals surface area contributed by atoms with Crippen molar-refractivity contribution < 1.29 is 14.3 Å². The highest BCUT2D eigenvalue weighted by Crippen LogP contribution is 2.21. The first-order valence-electron chi connectivity index (χ1n) is 8.91. The summed E-state index contributed by atoms with van der Waals surface area (Å²) in [6.45, 7) is 5.83. The SMILES string of the molecule is CCOC(=O)c1cnn(-c2ccc(C(=O)N3CCC(C)CC3)cc2)c1N. The molecule has 0 atom stereocenters. The van der Waals surface area contributed by atoms with Gasteiger partial charge in [-0.2, -0.15) is 5.10 Å². The summed E-state index contributed by atoms with van der Waals surface area (Å²) >= 11 is 0. The van der Waals surface area contributed by atoms with Gasteiger partial charge in [-0.05, 0) is 49.9 Å². The van der Waals surface area contributed by atoms with Crippen LogP contribution in [0.3, 0.4) is 0 Å². The van der Waals surface area contributed by atoms with E-state index in [1.807, 2.05) is 4.90 Å². The van der Waals surface area contributed by atoms with E-state index in [-0.39, 0.29) is 23.9 Å². The lowest BCUT2D eigenvalue weighted by atomic mass is 9.98.